The maximum Gasteiger partial charge on any atom is 0.255 e. The number of hydrogen-bond donors (Lipinski definition) is 1. The third-order valence-electron chi connectivity index (χ3n) is 4.44. The number of hydrogen-bond acceptors (Lipinski definition) is 2. The maximum absolute atomic E-state index is 13.6. The zero-order chi connectivity index (χ0) is 16.4. The summed E-state index contributed by atoms with van der Waals surface area (Å²) in [6.07, 6.45) is 0. The number of nitrogens with two attached hydrogens (primary N) is 1. The predicted molar refractivity (Wildman–Crippen MR) is 89.0 cm³/mol. The minimum atomic E-state index is -0.577. The molecule has 1 saturated heterocycles. The van der Waals surface area contributed by atoms with E-state index in [0.29, 0.717) is 19.6 Å². The SMILES string of the molecule is NC[C@@H]1CN(C(=O)c2cccc(F)c2Cl)C[C@H]1c1ccccc1. The molecule has 0 spiro atoms. The average molecular weight is 333 g/mol. The fourth-order valence-corrected chi connectivity index (χ4v) is 3.40. The first-order valence-corrected chi connectivity index (χ1v) is 7.98. The highest BCUT2D eigenvalue weighted by Gasteiger charge is 2.36. The lowest BCUT2D eigenvalue weighted by Crippen LogP contribution is -2.30. The average Bonchev–Trinajstić information content (AvgIpc) is 3.02. The molecule has 2 N–H and O–H groups in total. The molecule has 0 bridgehead atoms. The number of carbonyl (C=O) groups is 1. The van der Waals surface area contributed by atoms with Crippen LogP contribution in [0.1, 0.15) is 21.8 Å². The molecular formula is C18H18ClFN2O. The molecule has 0 aliphatic carbocycles. The molecule has 1 fully saturated rings. The van der Waals surface area contributed by atoms with E-state index in [9.17, 15) is 9.18 Å². The molecule has 1 amide bonds. The smallest absolute Gasteiger partial charge is 0.255 e. The van der Waals surface area contributed by atoms with E-state index in [0.717, 1.165) is 0 Å². The molecule has 1 heterocycles. The van der Waals surface area contributed by atoms with Crippen molar-refractivity contribution in [3.63, 3.8) is 0 Å². The fraction of sp³-hybridized carbons (Fsp3) is 0.278. The first kappa shape index (κ1) is 16.0. The van der Waals surface area contributed by atoms with Gasteiger partial charge < -0.3 is 10.6 Å². The van der Waals surface area contributed by atoms with Gasteiger partial charge in [-0.1, -0.05) is 48.0 Å². The van der Waals surface area contributed by atoms with Gasteiger partial charge in [-0.2, -0.15) is 0 Å². The molecule has 3 rings (SSSR count). The van der Waals surface area contributed by atoms with E-state index < -0.39 is 5.82 Å². The molecule has 1 aliphatic heterocycles. The van der Waals surface area contributed by atoms with E-state index in [-0.39, 0.29) is 28.3 Å². The Kier molecular flexibility index (Phi) is 4.64. The molecule has 120 valence electrons. The highest BCUT2D eigenvalue weighted by molar-refractivity contribution is 6.34. The topological polar surface area (TPSA) is 46.3 Å². The Morgan fingerprint density at radius 1 is 1.17 bits per heavy atom. The van der Waals surface area contributed by atoms with Crippen molar-refractivity contribution in [2.24, 2.45) is 11.7 Å². The minimum Gasteiger partial charge on any atom is -0.338 e. The first-order valence-electron chi connectivity index (χ1n) is 7.60. The molecule has 5 heteroatoms. The van der Waals surface area contributed by atoms with Gasteiger partial charge in [0.2, 0.25) is 0 Å². The monoisotopic (exact) mass is 332 g/mol. The van der Waals surface area contributed by atoms with Gasteiger partial charge in [-0.3, -0.25) is 4.79 Å². The normalized spacial score (nSPS) is 20.7. The van der Waals surface area contributed by atoms with Crippen LogP contribution in [0.25, 0.3) is 0 Å². The Labute approximate surface area is 139 Å². The van der Waals surface area contributed by atoms with Crippen molar-refractivity contribution >= 4 is 17.5 Å². The van der Waals surface area contributed by atoms with Crippen molar-refractivity contribution < 1.29 is 9.18 Å². The molecule has 2 aromatic carbocycles. The first-order chi connectivity index (χ1) is 11.1. The van der Waals surface area contributed by atoms with Crippen molar-refractivity contribution in [3.05, 3.63) is 70.5 Å². The van der Waals surface area contributed by atoms with Gasteiger partial charge in [-0.15, -0.1) is 0 Å². The minimum absolute atomic E-state index is 0.120. The lowest BCUT2D eigenvalue weighted by Gasteiger charge is -2.17. The predicted octanol–water partition coefficient (Wildman–Crippen LogP) is 3.29. The summed E-state index contributed by atoms with van der Waals surface area (Å²) in [6.45, 7) is 1.62. The second-order valence-corrected chi connectivity index (χ2v) is 6.20. The van der Waals surface area contributed by atoms with Crippen LogP contribution in [0.2, 0.25) is 5.02 Å². The van der Waals surface area contributed by atoms with E-state index in [2.05, 4.69) is 12.1 Å². The summed E-state index contributed by atoms with van der Waals surface area (Å²) < 4.78 is 13.6. The van der Waals surface area contributed by atoms with E-state index >= 15 is 0 Å². The molecule has 0 saturated carbocycles. The van der Waals surface area contributed by atoms with E-state index in [1.165, 1.54) is 17.7 Å². The molecule has 3 nitrogen and oxygen atoms in total. The zero-order valence-corrected chi connectivity index (χ0v) is 13.3. The highest BCUT2D eigenvalue weighted by Crippen LogP contribution is 2.33. The van der Waals surface area contributed by atoms with E-state index in [1.807, 2.05) is 18.2 Å². The molecule has 2 aromatic rings. The van der Waals surface area contributed by atoms with Crippen LogP contribution in [0.4, 0.5) is 4.39 Å². The van der Waals surface area contributed by atoms with Crippen LogP contribution in [0.5, 0.6) is 0 Å². The van der Waals surface area contributed by atoms with Gasteiger partial charge >= 0.3 is 0 Å². The molecule has 0 unspecified atom stereocenters. The number of benzene rings is 2. The number of carbonyl (C=O) groups excluding carboxylic acids is 1. The Balaban J connectivity index is 1.85. The Hall–Kier alpha value is -1.91. The van der Waals surface area contributed by atoms with Crippen molar-refractivity contribution in [1.82, 2.24) is 4.90 Å². The Morgan fingerprint density at radius 3 is 2.61 bits per heavy atom. The van der Waals surface area contributed by atoms with Crippen LogP contribution in [0.15, 0.2) is 48.5 Å². The zero-order valence-electron chi connectivity index (χ0n) is 12.6. The van der Waals surface area contributed by atoms with Crippen LogP contribution in [-0.4, -0.2) is 30.4 Å². The fourth-order valence-electron chi connectivity index (χ4n) is 3.19. The van der Waals surface area contributed by atoms with E-state index in [1.54, 1.807) is 11.0 Å². The number of likely N-dealkylation sites (tertiary alicyclic amines) is 1. The largest absolute Gasteiger partial charge is 0.338 e. The van der Waals surface area contributed by atoms with Gasteiger partial charge in [0.25, 0.3) is 5.91 Å². The summed E-state index contributed by atoms with van der Waals surface area (Å²) in [4.78, 5) is 14.4. The Morgan fingerprint density at radius 2 is 1.91 bits per heavy atom. The molecule has 2 atom stereocenters. The van der Waals surface area contributed by atoms with Crippen molar-refractivity contribution in [1.29, 1.82) is 0 Å². The van der Waals surface area contributed by atoms with Crippen LogP contribution < -0.4 is 5.73 Å². The summed E-state index contributed by atoms with van der Waals surface area (Å²) >= 11 is 5.94. The second kappa shape index (κ2) is 6.69. The standard InChI is InChI=1S/C18H18ClFN2O/c19-17-14(7-4-8-16(17)20)18(23)22-10-13(9-21)15(11-22)12-5-2-1-3-6-12/h1-8,13,15H,9-11,21H2/t13-,15+/m1/s1. The summed E-state index contributed by atoms with van der Waals surface area (Å²) in [6, 6.07) is 14.3. The van der Waals surface area contributed by atoms with Crippen LogP contribution in [0.3, 0.4) is 0 Å². The molecule has 1 aliphatic rings. The summed E-state index contributed by atoms with van der Waals surface area (Å²) in [5, 5.41) is -0.120. The van der Waals surface area contributed by atoms with Gasteiger partial charge in [0, 0.05) is 19.0 Å². The van der Waals surface area contributed by atoms with Crippen LogP contribution in [-0.2, 0) is 0 Å². The summed E-state index contributed by atoms with van der Waals surface area (Å²) in [5.41, 5.74) is 7.27. The Bertz CT molecular complexity index is 707. The lowest BCUT2D eigenvalue weighted by atomic mass is 9.89. The van der Waals surface area contributed by atoms with Gasteiger partial charge in [-0.25, -0.2) is 4.39 Å². The van der Waals surface area contributed by atoms with Gasteiger partial charge in [-0.05, 0) is 30.2 Å². The molecule has 0 radical (unpaired) electrons. The second-order valence-electron chi connectivity index (χ2n) is 5.82. The third-order valence-corrected chi connectivity index (χ3v) is 4.82. The number of nitrogens with zero attached hydrogens (tertiary/aromatic N) is 1. The van der Waals surface area contributed by atoms with Gasteiger partial charge in [0.15, 0.2) is 0 Å². The summed E-state index contributed by atoms with van der Waals surface area (Å²) in [7, 11) is 0. The number of amides is 1. The third kappa shape index (κ3) is 3.09. The van der Waals surface area contributed by atoms with Crippen molar-refractivity contribution in [2.75, 3.05) is 19.6 Å². The van der Waals surface area contributed by atoms with Crippen LogP contribution in [0, 0.1) is 11.7 Å². The van der Waals surface area contributed by atoms with Crippen molar-refractivity contribution in [2.45, 2.75) is 5.92 Å². The van der Waals surface area contributed by atoms with Crippen LogP contribution >= 0.6 is 11.6 Å². The molecule has 0 aromatic heterocycles. The number of rotatable bonds is 3. The highest BCUT2D eigenvalue weighted by atomic mass is 35.5. The lowest BCUT2D eigenvalue weighted by molar-refractivity contribution is 0.0786. The van der Waals surface area contributed by atoms with Gasteiger partial charge in [0.05, 0.1) is 10.6 Å². The van der Waals surface area contributed by atoms with Gasteiger partial charge in [0.1, 0.15) is 5.82 Å². The number of halogens is 2. The van der Waals surface area contributed by atoms with E-state index in [4.69, 9.17) is 17.3 Å². The molecular weight excluding hydrogens is 315 g/mol. The molecule has 23 heavy (non-hydrogen) atoms. The maximum atomic E-state index is 13.6. The summed E-state index contributed by atoms with van der Waals surface area (Å²) in [5.74, 6) is -0.441. The van der Waals surface area contributed by atoms with Crippen molar-refractivity contribution in [3.8, 4) is 0 Å². The quantitative estimate of drug-likeness (QED) is 0.937.